The molecule has 4 nitrogen and oxygen atoms in total. The standard InChI is InChI=1S/C9H11N3O/c10-6-8(13)12-9(11)7-4-2-1-3-5-7/h1-5H,6,10H2,(H2,11,12,13). The third-order valence-corrected chi connectivity index (χ3v) is 1.49. The fraction of sp³-hybridized carbons (Fsp3) is 0.111. The van der Waals surface area contributed by atoms with E-state index in [0.29, 0.717) is 0 Å². The highest BCUT2D eigenvalue weighted by Crippen LogP contribution is 1.97. The Labute approximate surface area is 76.3 Å². The number of nitrogens with two attached hydrogens (primary N) is 2. The van der Waals surface area contributed by atoms with Crippen molar-refractivity contribution < 1.29 is 4.79 Å². The van der Waals surface area contributed by atoms with Crippen LogP contribution in [0.3, 0.4) is 0 Å². The lowest BCUT2D eigenvalue weighted by molar-refractivity contribution is -0.116. The molecule has 0 aliphatic rings. The maximum atomic E-state index is 10.8. The van der Waals surface area contributed by atoms with Gasteiger partial charge in [0.15, 0.2) is 0 Å². The van der Waals surface area contributed by atoms with Crippen LogP contribution in [-0.2, 0) is 4.79 Å². The molecule has 0 aromatic heterocycles. The van der Waals surface area contributed by atoms with Gasteiger partial charge in [-0.25, -0.2) is 0 Å². The maximum Gasteiger partial charge on any atom is 0.261 e. The molecule has 4 heteroatoms. The first-order valence-corrected chi connectivity index (χ1v) is 3.86. The highest BCUT2D eigenvalue weighted by Gasteiger charge is 1.99. The third kappa shape index (κ3) is 2.68. The number of carbonyl (C=O) groups excluding carboxylic acids is 1. The minimum Gasteiger partial charge on any atom is -0.383 e. The van der Waals surface area contributed by atoms with Gasteiger partial charge >= 0.3 is 0 Å². The second-order valence-corrected chi connectivity index (χ2v) is 2.46. The van der Waals surface area contributed by atoms with Gasteiger partial charge in [0, 0.05) is 5.56 Å². The lowest BCUT2D eigenvalue weighted by Crippen LogP contribution is -2.19. The summed E-state index contributed by atoms with van der Waals surface area (Å²) in [6.07, 6.45) is 0. The topological polar surface area (TPSA) is 81.5 Å². The predicted molar refractivity (Wildman–Crippen MR) is 51.2 cm³/mol. The van der Waals surface area contributed by atoms with Crippen LogP contribution in [0.2, 0.25) is 0 Å². The lowest BCUT2D eigenvalue weighted by atomic mass is 10.2. The van der Waals surface area contributed by atoms with Gasteiger partial charge in [0.05, 0.1) is 6.54 Å². The van der Waals surface area contributed by atoms with Gasteiger partial charge in [0.1, 0.15) is 5.84 Å². The van der Waals surface area contributed by atoms with E-state index in [1.54, 1.807) is 12.1 Å². The molecule has 1 amide bonds. The Morgan fingerprint density at radius 1 is 1.31 bits per heavy atom. The Kier molecular flexibility index (Phi) is 3.16. The van der Waals surface area contributed by atoms with E-state index in [1.807, 2.05) is 18.2 Å². The molecule has 0 fully saturated rings. The van der Waals surface area contributed by atoms with Crippen LogP contribution in [0, 0.1) is 0 Å². The van der Waals surface area contributed by atoms with Crippen LogP contribution in [0.15, 0.2) is 35.3 Å². The van der Waals surface area contributed by atoms with Crippen molar-refractivity contribution in [3.05, 3.63) is 35.9 Å². The SMILES string of the molecule is NCC(=O)N=C(N)c1ccccc1. The fourth-order valence-corrected chi connectivity index (χ4v) is 0.853. The number of benzene rings is 1. The van der Waals surface area contributed by atoms with Gasteiger partial charge in [0.2, 0.25) is 0 Å². The van der Waals surface area contributed by atoms with Crippen LogP contribution in [0.1, 0.15) is 5.56 Å². The monoisotopic (exact) mass is 177 g/mol. The number of hydrogen-bond acceptors (Lipinski definition) is 2. The van der Waals surface area contributed by atoms with Crippen LogP contribution in [0.4, 0.5) is 0 Å². The summed E-state index contributed by atoms with van der Waals surface area (Å²) < 4.78 is 0. The summed E-state index contributed by atoms with van der Waals surface area (Å²) in [5.41, 5.74) is 11.4. The minimum atomic E-state index is -0.415. The first-order chi connectivity index (χ1) is 6.24. The van der Waals surface area contributed by atoms with Crippen molar-refractivity contribution in [3.8, 4) is 0 Å². The van der Waals surface area contributed by atoms with Gasteiger partial charge in [-0.15, -0.1) is 0 Å². The van der Waals surface area contributed by atoms with Crippen molar-refractivity contribution >= 4 is 11.7 Å². The lowest BCUT2D eigenvalue weighted by Gasteiger charge is -1.98. The van der Waals surface area contributed by atoms with E-state index in [1.165, 1.54) is 0 Å². The largest absolute Gasteiger partial charge is 0.383 e. The summed E-state index contributed by atoms with van der Waals surface area (Å²) in [4.78, 5) is 14.4. The molecule has 1 aromatic rings. The van der Waals surface area contributed by atoms with Crippen LogP contribution in [0.25, 0.3) is 0 Å². The fourth-order valence-electron chi connectivity index (χ4n) is 0.853. The number of amidine groups is 1. The minimum absolute atomic E-state index is 0.118. The quantitative estimate of drug-likeness (QED) is 0.488. The molecular formula is C9H11N3O. The van der Waals surface area contributed by atoms with Crippen molar-refractivity contribution in [1.82, 2.24) is 0 Å². The highest BCUT2D eigenvalue weighted by molar-refractivity contribution is 6.04. The van der Waals surface area contributed by atoms with Gasteiger partial charge < -0.3 is 11.5 Å². The summed E-state index contributed by atoms with van der Waals surface area (Å²) in [7, 11) is 0. The van der Waals surface area contributed by atoms with E-state index in [0.717, 1.165) is 5.56 Å². The molecule has 0 spiro atoms. The van der Waals surface area contributed by atoms with E-state index in [2.05, 4.69) is 4.99 Å². The van der Waals surface area contributed by atoms with E-state index >= 15 is 0 Å². The Morgan fingerprint density at radius 2 is 1.92 bits per heavy atom. The number of nitrogens with zero attached hydrogens (tertiary/aromatic N) is 1. The van der Waals surface area contributed by atoms with Crippen molar-refractivity contribution in [2.24, 2.45) is 16.5 Å². The number of amides is 1. The predicted octanol–water partition coefficient (Wildman–Crippen LogP) is -0.123. The molecular weight excluding hydrogens is 166 g/mol. The summed E-state index contributed by atoms with van der Waals surface area (Å²) in [6.45, 7) is -0.118. The zero-order chi connectivity index (χ0) is 9.68. The van der Waals surface area contributed by atoms with Gasteiger partial charge in [0.25, 0.3) is 5.91 Å². The van der Waals surface area contributed by atoms with Crippen molar-refractivity contribution in [1.29, 1.82) is 0 Å². The zero-order valence-electron chi connectivity index (χ0n) is 7.10. The van der Waals surface area contributed by atoms with Crippen LogP contribution in [-0.4, -0.2) is 18.3 Å². The summed E-state index contributed by atoms with van der Waals surface area (Å²) in [5, 5.41) is 0. The molecule has 13 heavy (non-hydrogen) atoms. The molecule has 0 unspecified atom stereocenters. The first kappa shape index (κ1) is 9.41. The van der Waals surface area contributed by atoms with Crippen LogP contribution >= 0.6 is 0 Å². The molecule has 4 N–H and O–H groups in total. The first-order valence-electron chi connectivity index (χ1n) is 3.86. The van der Waals surface area contributed by atoms with Gasteiger partial charge in [-0.05, 0) is 0 Å². The number of rotatable bonds is 2. The number of aliphatic imine (C=N–C) groups is 1. The molecule has 68 valence electrons. The van der Waals surface area contributed by atoms with E-state index in [9.17, 15) is 4.79 Å². The van der Waals surface area contributed by atoms with Gasteiger partial charge in [-0.3, -0.25) is 4.79 Å². The molecule has 0 aliphatic heterocycles. The second kappa shape index (κ2) is 4.37. The highest BCUT2D eigenvalue weighted by atomic mass is 16.1. The Bertz CT molecular complexity index is 319. The van der Waals surface area contributed by atoms with E-state index in [-0.39, 0.29) is 12.4 Å². The van der Waals surface area contributed by atoms with Crippen molar-refractivity contribution in [2.45, 2.75) is 0 Å². The second-order valence-electron chi connectivity index (χ2n) is 2.46. The maximum absolute atomic E-state index is 10.8. The molecule has 0 bridgehead atoms. The molecule has 0 saturated carbocycles. The Balaban J connectivity index is 2.85. The van der Waals surface area contributed by atoms with Gasteiger partial charge in [-0.1, -0.05) is 30.3 Å². The average molecular weight is 177 g/mol. The summed E-state index contributed by atoms with van der Waals surface area (Å²) >= 11 is 0. The zero-order valence-corrected chi connectivity index (χ0v) is 7.10. The normalized spacial score (nSPS) is 11.3. The van der Waals surface area contributed by atoms with E-state index < -0.39 is 5.91 Å². The third-order valence-electron chi connectivity index (χ3n) is 1.49. The molecule has 1 aromatic carbocycles. The smallest absolute Gasteiger partial charge is 0.261 e. The van der Waals surface area contributed by atoms with Crippen molar-refractivity contribution in [3.63, 3.8) is 0 Å². The number of carbonyl (C=O) groups is 1. The average Bonchev–Trinajstić information content (AvgIpc) is 2.19. The molecule has 0 radical (unpaired) electrons. The van der Waals surface area contributed by atoms with Crippen LogP contribution in [0.5, 0.6) is 0 Å². The van der Waals surface area contributed by atoms with E-state index in [4.69, 9.17) is 11.5 Å². The molecule has 0 heterocycles. The summed E-state index contributed by atoms with van der Waals surface area (Å²) in [5.74, 6) is -0.211. The Morgan fingerprint density at radius 3 is 2.46 bits per heavy atom. The Hall–Kier alpha value is -1.68. The van der Waals surface area contributed by atoms with Crippen molar-refractivity contribution in [2.75, 3.05) is 6.54 Å². The molecule has 1 rings (SSSR count). The van der Waals surface area contributed by atoms with Gasteiger partial charge in [-0.2, -0.15) is 4.99 Å². The molecule has 0 saturated heterocycles. The summed E-state index contributed by atoms with van der Waals surface area (Å²) in [6, 6.07) is 9.07. The number of hydrogen-bond donors (Lipinski definition) is 2. The van der Waals surface area contributed by atoms with Crippen LogP contribution < -0.4 is 11.5 Å². The molecule has 0 atom stereocenters. The molecule has 0 aliphatic carbocycles.